The summed E-state index contributed by atoms with van der Waals surface area (Å²) in [6, 6.07) is 10.8. The van der Waals surface area contributed by atoms with Crippen molar-refractivity contribution >= 4 is 49.4 Å². The minimum Gasteiger partial charge on any atom is -0.366 e. The molecule has 0 aromatic heterocycles. The number of hydrogen-bond acceptors (Lipinski definition) is 2. The molecule has 3 aromatic rings. The van der Waals surface area contributed by atoms with E-state index in [1.54, 1.807) is 6.07 Å². The molecule has 0 unspecified atom stereocenters. The van der Waals surface area contributed by atoms with Crippen LogP contribution < -0.4 is 11.1 Å². The van der Waals surface area contributed by atoms with Gasteiger partial charge in [0.1, 0.15) is 11.6 Å². The number of carbonyl (C=O) groups excluding carboxylic acids is 2. The number of nitrogens with two attached hydrogens (primary N) is 1. The molecule has 3 N–H and O–H groups in total. The van der Waals surface area contributed by atoms with Gasteiger partial charge in [-0.2, -0.15) is 26.3 Å². The molecule has 0 radical (unpaired) electrons. The maximum absolute atomic E-state index is 14.2. The Hall–Kier alpha value is -3.07. The second-order valence-electron chi connectivity index (χ2n) is 7.25. The Kier molecular flexibility index (Phi) is 9.64. The van der Waals surface area contributed by atoms with Crippen LogP contribution in [0.4, 0.5) is 45.2 Å². The van der Waals surface area contributed by atoms with Gasteiger partial charge in [-0.05, 0) is 68.3 Å². The van der Waals surface area contributed by atoms with E-state index in [2.05, 4.69) is 37.2 Å². The van der Waals surface area contributed by atoms with Crippen molar-refractivity contribution in [2.24, 2.45) is 5.73 Å². The predicted molar refractivity (Wildman–Crippen MR) is 126 cm³/mol. The minimum absolute atomic E-state index is 0.0671. The lowest BCUT2D eigenvalue weighted by atomic mass is 9.94. The van der Waals surface area contributed by atoms with Crippen molar-refractivity contribution in [3.05, 3.63) is 97.9 Å². The molecule has 0 atom stereocenters. The summed E-state index contributed by atoms with van der Waals surface area (Å²) < 4.78 is 117. The summed E-state index contributed by atoms with van der Waals surface area (Å²) >= 11 is 5.41. The van der Waals surface area contributed by atoms with E-state index in [-0.39, 0.29) is 23.4 Å². The molecule has 4 nitrogen and oxygen atoms in total. The van der Waals surface area contributed by atoms with Crippen LogP contribution in [-0.4, -0.2) is 24.2 Å². The van der Waals surface area contributed by atoms with E-state index in [9.17, 15) is 49.1 Å². The molecular formula is C23H13Br2F9N2O2. The second-order valence-corrected chi connectivity index (χ2v) is 8.96. The highest BCUT2D eigenvalue weighted by atomic mass is 79.9. The van der Waals surface area contributed by atoms with Gasteiger partial charge in [0.2, 0.25) is 0 Å². The van der Waals surface area contributed by atoms with E-state index >= 15 is 0 Å². The SMILES string of the molecule is NC(=O)c1ccccc1F.O=C(Nc1c(Br)cc(C(F)(C(F)(F)F)C(F)(F)F)cc1Br)c1ccccc1F. The molecule has 2 amide bonds. The first-order valence-corrected chi connectivity index (χ1v) is 11.4. The molecule has 204 valence electrons. The lowest BCUT2D eigenvalue weighted by Crippen LogP contribution is -2.50. The number of benzene rings is 3. The van der Waals surface area contributed by atoms with Crippen LogP contribution in [0.3, 0.4) is 0 Å². The molecule has 15 heteroatoms. The number of nitrogens with one attached hydrogen (secondary N) is 1. The topological polar surface area (TPSA) is 72.2 Å². The van der Waals surface area contributed by atoms with Gasteiger partial charge in [-0.1, -0.05) is 24.3 Å². The van der Waals surface area contributed by atoms with Gasteiger partial charge >= 0.3 is 18.0 Å². The predicted octanol–water partition coefficient (Wildman–Crippen LogP) is 7.82. The van der Waals surface area contributed by atoms with Gasteiger partial charge in [0.25, 0.3) is 11.8 Å². The van der Waals surface area contributed by atoms with Crippen molar-refractivity contribution in [2.75, 3.05) is 5.32 Å². The molecule has 0 saturated heterocycles. The van der Waals surface area contributed by atoms with Crippen molar-refractivity contribution < 1.29 is 49.1 Å². The Morgan fingerprint density at radius 2 is 1.11 bits per heavy atom. The van der Waals surface area contributed by atoms with E-state index in [1.165, 1.54) is 30.3 Å². The minimum atomic E-state index is -6.29. The van der Waals surface area contributed by atoms with Crippen molar-refractivity contribution in [1.82, 2.24) is 0 Å². The summed E-state index contributed by atoms with van der Waals surface area (Å²) in [6.07, 6.45) is -12.6. The van der Waals surface area contributed by atoms with Gasteiger partial charge in [0, 0.05) is 14.5 Å². The molecule has 3 aromatic carbocycles. The molecule has 0 aliphatic rings. The molecule has 0 heterocycles. The highest BCUT2D eigenvalue weighted by Gasteiger charge is 2.73. The van der Waals surface area contributed by atoms with Crippen LogP contribution in [0.25, 0.3) is 0 Å². The summed E-state index contributed by atoms with van der Waals surface area (Å²) in [4.78, 5) is 22.5. The van der Waals surface area contributed by atoms with E-state index in [0.717, 1.165) is 12.1 Å². The smallest absolute Gasteiger partial charge is 0.366 e. The number of hydrogen-bond donors (Lipinski definition) is 2. The normalized spacial score (nSPS) is 11.9. The summed E-state index contributed by atoms with van der Waals surface area (Å²) in [5.41, 5.74) is -3.36. The largest absolute Gasteiger partial charge is 0.435 e. The van der Waals surface area contributed by atoms with Crippen molar-refractivity contribution in [3.8, 4) is 0 Å². The van der Waals surface area contributed by atoms with E-state index in [4.69, 9.17) is 5.73 Å². The Morgan fingerprint density at radius 3 is 1.45 bits per heavy atom. The van der Waals surface area contributed by atoms with Crippen molar-refractivity contribution in [3.63, 3.8) is 0 Å². The number of carbonyl (C=O) groups is 2. The van der Waals surface area contributed by atoms with Gasteiger partial charge in [-0.3, -0.25) is 9.59 Å². The monoisotopic (exact) mass is 678 g/mol. The lowest BCUT2D eigenvalue weighted by Gasteiger charge is -2.31. The molecule has 0 fully saturated rings. The zero-order valence-corrected chi connectivity index (χ0v) is 21.5. The zero-order chi connectivity index (χ0) is 29.1. The Labute approximate surface area is 225 Å². The van der Waals surface area contributed by atoms with E-state index in [1.807, 2.05) is 0 Å². The van der Waals surface area contributed by atoms with Gasteiger partial charge in [0.15, 0.2) is 0 Å². The molecule has 0 saturated carbocycles. The molecular weight excluding hydrogens is 667 g/mol. The number of halogens is 11. The first-order chi connectivity index (χ1) is 17.4. The average molecular weight is 680 g/mol. The zero-order valence-electron chi connectivity index (χ0n) is 18.3. The van der Waals surface area contributed by atoms with E-state index < -0.39 is 61.5 Å². The van der Waals surface area contributed by atoms with Crippen LogP contribution in [0.2, 0.25) is 0 Å². The number of anilines is 1. The van der Waals surface area contributed by atoms with Gasteiger partial charge in [0.05, 0.1) is 16.8 Å². The maximum Gasteiger partial charge on any atom is 0.435 e. The average Bonchev–Trinajstić information content (AvgIpc) is 2.80. The van der Waals surface area contributed by atoms with E-state index in [0.29, 0.717) is 0 Å². The van der Waals surface area contributed by atoms with Gasteiger partial charge < -0.3 is 11.1 Å². The molecule has 3 rings (SSSR count). The van der Waals surface area contributed by atoms with Crippen LogP contribution in [-0.2, 0) is 5.67 Å². The summed E-state index contributed by atoms with van der Waals surface area (Å²) in [5.74, 6) is -3.24. The van der Waals surface area contributed by atoms with Crippen LogP contribution in [0.5, 0.6) is 0 Å². The highest BCUT2D eigenvalue weighted by molar-refractivity contribution is 9.11. The number of amides is 2. The summed E-state index contributed by atoms with van der Waals surface area (Å²) in [6.45, 7) is 0. The fourth-order valence-corrected chi connectivity index (χ4v) is 4.25. The van der Waals surface area contributed by atoms with Gasteiger partial charge in [-0.15, -0.1) is 0 Å². The third kappa shape index (κ3) is 6.67. The Balaban J connectivity index is 0.000000423. The maximum atomic E-state index is 14.2. The number of primary amides is 1. The molecule has 0 aliphatic heterocycles. The van der Waals surface area contributed by atoms with Gasteiger partial charge in [-0.25, -0.2) is 13.2 Å². The summed E-state index contributed by atoms with van der Waals surface area (Å²) in [5, 5.41) is 2.13. The lowest BCUT2D eigenvalue weighted by molar-refractivity contribution is -0.348. The standard InChI is InChI=1S/C16H7Br2F8NO.C7H6FNO/c17-9-5-7(14(20,15(21,22)23)16(24,25)26)6-10(18)12(9)27-13(28)8-3-1-2-4-11(8)19;8-6-4-2-1-3-5(6)7(9)10/h1-6H,(H,27,28);1-4H,(H2,9,10). The van der Waals surface area contributed by atoms with Crippen molar-refractivity contribution in [1.29, 1.82) is 0 Å². The highest BCUT2D eigenvalue weighted by Crippen LogP contribution is 2.54. The molecule has 0 aliphatic carbocycles. The Morgan fingerprint density at radius 1 is 0.711 bits per heavy atom. The van der Waals surface area contributed by atoms with Crippen LogP contribution in [0, 0.1) is 11.6 Å². The Bertz CT molecular complexity index is 1310. The fourth-order valence-electron chi connectivity index (χ4n) is 2.87. The first kappa shape index (κ1) is 31.1. The fraction of sp³-hybridized carbons (Fsp3) is 0.130. The van der Waals surface area contributed by atoms with Crippen LogP contribution in [0.1, 0.15) is 26.3 Å². The summed E-state index contributed by atoms with van der Waals surface area (Å²) in [7, 11) is 0. The van der Waals surface area contributed by atoms with Crippen LogP contribution in [0.15, 0.2) is 69.6 Å². The molecule has 38 heavy (non-hydrogen) atoms. The van der Waals surface area contributed by atoms with Crippen LogP contribution >= 0.6 is 31.9 Å². The second kappa shape index (κ2) is 11.8. The quantitative estimate of drug-likeness (QED) is 0.276. The van der Waals surface area contributed by atoms with Crippen molar-refractivity contribution in [2.45, 2.75) is 18.0 Å². The molecule has 0 spiro atoms. The molecule has 0 bridgehead atoms. The third-order valence-electron chi connectivity index (χ3n) is 4.72. The number of alkyl halides is 7. The number of rotatable bonds is 4. The third-order valence-corrected chi connectivity index (χ3v) is 5.97. The first-order valence-electron chi connectivity index (χ1n) is 9.84.